The smallest absolute Gasteiger partial charge is 0.164 e. The largest absolute Gasteiger partial charge is 0.455 e. The molecule has 0 fully saturated rings. The zero-order chi connectivity index (χ0) is 7.40. The van der Waals surface area contributed by atoms with Gasteiger partial charge in [0.2, 0.25) is 0 Å². The number of furan rings is 1. The molecule has 0 spiro atoms. The molecule has 2 heteroatoms. The van der Waals surface area contributed by atoms with Crippen molar-refractivity contribution in [1.82, 2.24) is 0 Å². The van der Waals surface area contributed by atoms with Crippen LogP contribution < -0.4 is 0 Å². The number of allylic oxidation sites excluding steroid dienone is 1. The van der Waals surface area contributed by atoms with Crippen molar-refractivity contribution in [2.24, 2.45) is 0 Å². The van der Waals surface area contributed by atoms with Gasteiger partial charge in [0.25, 0.3) is 0 Å². The number of aryl methyl sites for hydroxylation is 1. The van der Waals surface area contributed by atoms with E-state index in [4.69, 9.17) is 4.42 Å². The van der Waals surface area contributed by atoms with Crippen LogP contribution in [0.2, 0.25) is 0 Å². The standard InChI is InChI=1S/C8H10OS/c1-3-6-10-8-5-4-7(2)9-8/h3-6H,1-2H3. The van der Waals surface area contributed by atoms with Gasteiger partial charge in [-0.05, 0) is 31.4 Å². The second-order valence-electron chi connectivity index (χ2n) is 1.95. The van der Waals surface area contributed by atoms with Crippen molar-refractivity contribution in [3.05, 3.63) is 29.4 Å². The predicted molar refractivity (Wildman–Crippen MR) is 44.1 cm³/mol. The molecule has 0 aliphatic carbocycles. The van der Waals surface area contributed by atoms with Crippen LogP contribution in [0.3, 0.4) is 0 Å². The van der Waals surface area contributed by atoms with Gasteiger partial charge in [-0.2, -0.15) is 0 Å². The van der Waals surface area contributed by atoms with Crippen molar-refractivity contribution >= 4 is 11.8 Å². The molecule has 54 valence electrons. The van der Waals surface area contributed by atoms with Crippen LogP contribution >= 0.6 is 11.8 Å². The van der Waals surface area contributed by atoms with E-state index >= 15 is 0 Å². The highest BCUT2D eigenvalue weighted by Crippen LogP contribution is 2.20. The highest BCUT2D eigenvalue weighted by Gasteiger charge is 1.93. The average Bonchev–Trinajstić information content (AvgIpc) is 2.31. The molecule has 0 N–H and O–H groups in total. The molecule has 0 atom stereocenters. The summed E-state index contributed by atoms with van der Waals surface area (Å²) in [5.41, 5.74) is 0. The topological polar surface area (TPSA) is 13.1 Å². The van der Waals surface area contributed by atoms with Crippen molar-refractivity contribution in [1.29, 1.82) is 0 Å². The van der Waals surface area contributed by atoms with Crippen molar-refractivity contribution < 1.29 is 4.42 Å². The van der Waals surface area contributed by atoms with Gasteiger partial charge >= 0.3 is 0 Å². The number of thioether (sulfide) groups is 1. The van der Waals surface area contributed by atoms with Crippen molar-refractivity contribution in [3.8, 4) is 0 Å². The van der Waals surface area contributed by atoms with Crippen LogP contribution in [-0.2, 0) is 0 Å². The van der Waals surface area contributed by atoms with E-state index in [1.807, 2.05) is 37.5 Å². The molecule has 0 radical (unpaired) electrons. The molecule has 0 aliphatic rings. The van der Waals surface area contributed by atoms with E-state index < -0.39 is 0 Å². The quantitative estimate of drug-likeness (QED) is 0.607. The fourth-order valence-corrected chi connectivity index (χ4v) is 1.21. The van der Waals surface area contributed by atoms with E-state index in [-0.39, 0.29) is 0 Å². The van der Waals surface area contributed by atoms with E-state index in [2.05, 4.69) is 0 Å². The van der Waals surface area contributed by atoms with Crippen molar-refractivity contribution in [2.45, 2.75) is 18.9 Å². The minimum Gasteiger partial charge on any atom is -0.455 e. The van der Waals surface area contributed by atoms with Gasteiger partial charge in [0, 0.05) is 0 Å². The van der Waals surface area contributed by atoms with Gasteiger partial charge in [0.15, 0.2) is 5.09 Å². The summed E-state index contributed by atoms with van der Waals surface area (Å²) in [7, 11) is 0. The highest BCUT2D eigenvalue weighted by molar-refractivity contribution is 8.02. The molecule has 0 aromatic carbocycles. The molecule has 0 saturated carbocycles. The number of hydrogen-bond donors (Lipinski definition) is 0. The summed E-state index contributed by atoms with van der Waals surface area (Å²) in [5.74, 6) is 0.965. The lowest BCUT2D eigenvalue weighted by Crippen LogP contribution is -1.55. The molecular formula is C8H10OS. The van der Waals surface area contributed by atoms with Crippen LogP contribution in [-0.4, -0.2) is 0 Å². The summed E-state index contributed by atoms with van der Waals surface area (Å²) >= 11 is 1.59. The summed E-state index contributed by atoms with van der Waals surface area (Å²) in [6.07, 6.45) is 1.99. The molecule has 1 nitrogen and oxygen atoms in total. The van der Waals surface area contributed by atoms with Crippen molar-refractivity contribution in [2.75, 3.05) is 0 Å². The third-order valence-electron chi connectivity index (χ3n) is 1.04. The Bertz CT molecular complexity index is 225. The number of hydrogen-bond acceptors (Lipinski definition) is 2. The van der Waals surface area contributed by atoms with Crippen molar-refractivity contribution in [3.63, 3.8) is 0 Å². The molecule has 0 amide bonds. The Kier molecular flexibility index (Phi) is 2.63. The van der Waals surface area contributed by atoms with Crippen LogP contribution in [0.1, 0.15) is 12.7 Å². The second-order valence-corrected chi connectivity index (χ2v) is 2.86. The normalized spacial score (nSPS) is 11.0. The first-order valence-electron chi connectivity index (χ1n) is 3.17. The highest BCUT2D eigenvalue weighted by atomic mass is 32.2. The lowest BCUT2D eigenvalue weighted by atomic mass is 10.5. The van der Waals surface area contributed by atoms with Gasteiger partial charge in [-0.25, -0.2) is 0 Å². The van der Waals surface area contributed by atoms with E-state index in [0.29, 0.717) is 0 Å². The Morgan fingerprint density at radius 3 is 2.80 bits per heavy atom. The monoisotopic (exact) mass is 154 g/mol. The van der Waals surface area contributed by atoms with E-state index in [0.717, 1.165) is 10.9 Å². The molecule has 1 aromatic rings. The Labute approximate surface area is 65.1 Å². The summed E-state index contributed by atoms with van der Waals surface area (Å²) in [4.78, 5) is 0. The average molecular weight is 154 g/mol. The third-order valence-corrected chi connectivity index (χ3v) is 1.90. The molecular weight excluding hydrogens is 144 g/mol. The van der Waals surface area contributed by atoms with E-state index in [9.17, 15) is 0 Å². The van der Waals surface area contributed by atoms with Crippen LogP contribution in [0.15, 0.2) is 33.1 Å². The fraction of sp³-hybridized carbons (Fsp3) is 0.250. The summed E-state index contributed by atoms with van der Waals surface area (Å²) in [6.45, 7) is 3.93. The molecule has 10 heavy (non-hydrogen) atoms. The minimum absolute atomic E-state index is 0.954. The summed E-state index contributed by atoms with van der Waals surface area (Å²) < 4.78 is 5.30. The van der Waals surface area contributed by atoms with Crippen LogP contribution in [0.5, 0.6) is 0 Å². The molecule has 1 heterocycles. The lowest BCUT2D eigenvalue weighted by Gasteiger charge is -1.85. The SMILES string of the molecule is CC=CSc1ccc(C)o1. The lowest BCUT2D eigenvalue weighted by molar-refractivity contribution is 0.449. The maximum absolute atomic E-state index is 5.30. The first kappa shape index (κ1) is 7.48. The van der Waals surface area contributed by atoms with Gasteiger partial charge < -0.3 is 4.42 Å². The fourth-order valence-electron chi connectivity index (χ4n) is 0.611. The molecule has 1 rings (SSSR count). The molecule has 1 aromatic heterocycles. The summed E-state index contributed by atoms with van der Waals surface area (Å²) in [5, 5.41) is 2.95. The maximum Gasteiger partial charge on any atom is 0.164 e. The van der Waals surface area contributed by atoms with Crippen LogP contribution in [0, 0.1) is 6.92 Å². The van der Waals surface area contributed by atoms with Gasteiger partial charge in [-0.15, -0.1) is 0 Å². The Morgan fingerprint density at radius 1 is 1.50 bits per heavy atom. The molecule has 0 saturated heterocycles. The first-order valence-corrected chi connectivity index (χ1v) is 4.05. The van der Waals surface area contributed by atoms with Gasteiger partial charge in [-0.1, -0.05) is 17.8 Å². The second kappa shape index (κ2) is 3.52. The minimum atomic E-state index is 0.954. The van der Waals surface area contributed by atoms with E-state index in [1.165, 1.54) is 0 Å². The maximum atomic E-state index is 5.30. The van der Waals surface area contributed by atoms with Gasteiger partial charge in [0.1, 0.15) is 5.76 Å². The number of rotatable bonds is 2. The van der Waals surface area contributed by atoms with Gasteiger partial charge in [0.05, 0.1) is 0 Å². The third kappa shape index (κ3) is 1.95. The summed E-state index contributed by atoms with van der Waals surface area (Å²) in [6, 6.07) is 3.94. The van der Waals surface area contributed by atoms with Gasteiger partial charge in [-0.3, -0.25) is 0 Å². The Balaban J connectivity index is 2.58. The predicted octanol–water partition coefficient (Wildman–Crippen LogP) is 3.21. The Morgan fingerprint density at radius 2 is 2.30 bits per heavy atom. The zero-order valence-corrected chi connectivity index (χ0v) is 6.94. The molecule has 0 aliphatic heterocycles. The zero-order valence-electron chi connectivity index (χ0n) is 6.13. The van der Waals surface area contributed by atoms with Crippen LogP contribution in [0.25, 0.3) is 0 Å². The van der Waals surface area contributed by atoms with E-state index in [1.54, 1.807) is 11.8 Å². The first-order chi connectivity index (χ1) is 4.83. The van der Waals surface area contributed by atoms with Crippen LogP contribution in [0.4, 0.5) is 0 Å². The molecule has 0 unspecified atom stereocenters. The Hall–Kier alpha value is -0.630. The molecule has 0 bridgehead atoms.